The van der Waals surface area contributed by atoms with Gasteiger partial charge in [-0.25, -0.2) is 0 Å². The predicted octanol–water partition coefficient (Wildman–Crippen LogP) is 2.93. The molecule has 1 aromatic heterocycles. The van der Waals surface area contributed by atoms with Crippen molar-refractivity contribution in [1.29, 1.82) is 0 Å². The van der Waals surface area contributed by atoms with E-state index >= 15 is 0 Å². The third-order valence-corrected chi connectivity index (χ3v) is 4.12. The first-order chi connectivity index (χ1) is 10.6. The molecule has 2 N–H and O–H groups in total. The maximum atomic E-state index is 12.1. The maximum Gasteiger partial charge on any atom is 0.228 e. The van der Waals surface area contributed by atoms with Crippen LogP contribution in [-0.4, -0.2) is 11.8 Å². The Morgan fingerprint density at radius 2 is 1.86 bits per heavy atom. The fourth-order valence-corrected chi connectivity index (χ4v) is 2.53. The fourth-order valence-electron chi connectivity index (χ4n) is 2.26. The van der Waals surface area contributed by atoms with E-state index < -0.39 is 0 Å². The van der Waals surface area contributed by atoms with Crippen molar-refractivity contribution < 1.29 is 14.0 Å². The number of benzene rings is 1. The van der Waals surface area contributed by atoms with Crippen molar-refractivity contribution in [3.05, 3.63) is 52.9 Å². The molecule has 0 saturated heterocycles. The number of furan rings is 1. The van der Waals surface area contributed by atoms with E-state index in [2.05, 4.69) is 26.6 Å². The Morgan fingerprint density at radius 1 is 1.14 bits per heavy atom. The Kier molecular flexibility index (Phi) is 4.29. The summed E-state index contributed by atoms with van der Waals surface area (Å²) < 4.78 is 6.10. The molecular formula is C16H15BrN2O3. The monoisotopic (exact) mass is 362 g/mol. The molecule has 22 heavy (non-hydrogen) atoms. The van der Waals surface area contributed by atoms with Gasteiger partial charge in [0, 0.05) is 10.2 Å². The van der Waals surface area contributed by atoms with E-state index in [0.717, 1.165) is 10.2 Å². The lowest BCUT2D eigenvalue weighted by Crippen LogP contribution is -2.26. The molecule has 0 bridgehead atoms. The molecule has 1 saturated carbocycles. The lowest BCUT2D eigenvalue weighted by Gasteiger charge is -2.05. The standard InChI is InChI=1S/C16H15BrN2O3/c17-10-3-5-11(6-4-10)19-16(21)14-8-13(14)15(20)18-9-12-2-1-7-22-12/h1-7,13-14H,8-9H2,(H,18,20)(H,19,21). The van der Waals surface area contributed by atoms with Gasteiger partial charge in [0.25, 0.3) is 0 Å². The molecule has 3 rings (SSSR count). The third kappa shape index (κ3) is 3.57. The van der Waals surface area contributed by atoms with E-state index in [9.17, 15) is 9.59 Å². The summed E-state index contributed by atoms with van der Waals surface area (Å²) in [6.45, 7) is 0.351. The van der Waals surface area contributed by atoms with Crippen molar-refractivity contribution in [1.82, 2.24) is 5.32 Å². The van der Waals surface area contributed by atoms with Crippen molar-refractivity contribution >= 4 is 33.4 Å². The summed E-state index contributed by atoms with van der Waals surface area (Å²) in [5.74, 6) is -0.0108. The first-order valence-electron chi connectivity index (χ1n) is 7.00. The average Bonchev–Trinajstić information content (AvgIpc) is 3.15. The smallest absolute Gasteiger partial charge is 0.228 e. The fraction of sp³-hybridized carbons (Fsp3) is 0.250. The van der Waals surface area contributed by atoms with Crippen LogP contribution in [0.5, 0.6) is 0 Å². The summed E-state index contributed by atoms with van der Waals surface area (Å²) in [5.41, 5.74) is 0.731. The zero-order valence-electron chi connectivity index (χ0n) is 11.7. The number of carbonyl (C=O) groups excluding carboxylic acids is 2. The van der Waals surface area contributed by atoms with Gasteiger partial charge >= 0.3 is 0 Å². The van der Waals surface area contributed by atoms with Gasteiger partial charge in [-0.1, -0.05) is 15.9 Å². The molecule has 0 aliphatic heterocycles. The van der Waals surface area contributed by atoms with E-state index in [4.69, 9.17) is 4.42 Å². The second kappa shape index (κ2) is 6.36. The first kappa shape index (κ1) is 14.8. The van der Waals surface area contributed by atoms with Crippen LogP contribution < -0.4 is 10.6 Å². The molecule has 0 radical (unpaired) electrons. The number of rotatable bonds is 5. The molecule has 5 nitrogen and oxygen atoms in total. The van der Waals surface area contributed by atoms with Gasteiger partial charge in [0.1, 0.15) is 5.76 Å². The summed E-state index contributed by atoms with van der Waals surface area (Å²) >= 11 is 3.34. The highest BCUT2D eigenvalue weighted by atomic mass is 79.9. The number of amides is 2. The molecule has 2 unspecified atom stereocenters. The highest BCUT2D eigenvalue weighted by molar-refractivity contribution is 9.10. The Balaban J connectivity index is 1.47. The van der Waals surface area contributed by atoms with Gasteiger partial charge in [-0.05, 0) is 42.8 Å². The highest BCUT2D eigenvalue weighted by Gasteiger charge is 2.47. The van der Waals surface area contributed by atoms with Crippen LogP contribution in [0.1, 0.15) is 12.2 Å². The van der Waals surface area contributed by atoms with E-state index in [0.29, 0.717) is 18.7 Å². The molecule has 1 aliphatic rings. The lowest BCUT2D eigenvalue weighted by atomic mass is 10.2. The summed E-state index contributed by atoms with van der Waals surface area (Å²) in [6, 6.07) is 10.9. The number of nitrogens with one attached hydrogen (secondary N) is 2. The molecule has 1 heterocycles. The molecule has 2 aromatic rings. The minimum atomic E-state index is -0.250. The predicted molar refractivity (Wildman–Crippen MR) is 84.9 cm³/mol. The van der Waals surface area contributed by atoms with E-state index in [-0.39, 0.29) is 23.7 Å². The molecule has 1 aromatic carbocycles. The van der Waals surface area contributed by atoms with Gasteiger partial charge in [-0.3, -0.25) is 9.59 Å². The number of halogens is 1. The number of anilines is 1. The first-order valence-corrected chi connectivity index (χ1v) is 7.79. The maximum absolute atomic E-state index is 12.1. The van der Waals surface area contributed by atoms with Crippen LogP contribution in [0.3, 0.4) is 0 Å². The molecule has 1 aliphatic carbocycles. The average molecular weight is 363 g/mol. The van der Waals surface area contributed by atoms with E-state index in [1.807, 2.05) is 24.3 Å². The Morgan fingerprint density at radius 3 is 2.55 bits per heavy atom. The molecule has 2 atom stereocenters. The van der Waals surface area contributed by atoms with Crippen molar-refractivity contribution in [3.63, 3.8) is 0 Å². The topological polar surface area (TPSA) is 71.3 Å². The van der Waals surface area contributed by atoms with Gasteiger partial charge < -0.3 is 15.1 Å². The molecule has 2 amide bonds. The second-order valence-electron chi connectivity index (χ2n) is 5.24. The largest absolute Gasteiger partial charge is 0.467 e. The van der Waals surface area contributed by atoms with Crippen LogP contribution in [0.2, 0.25) is 0 Å². The number of hydrogen-bond acceptors (Lipinski definition) is 3. The minimum absolute atomic E-state index is 0.104. The summed E-state index contributed by atoms with van der Waals surface area (Å²) in [7, 11) is 0. The van der Waals surface area contributed by atoms with E-state index in [1.54, 1.807) is 18.4 Å². The quantitative estimate of drug-likeness (QED) is 0.858. The third-order valence-electron chi connectivity index (χ3n) is 3.59. The van der Waals surface area contributed by atoms with Crippen LogP contribution in [0, 0.1) is 11.8 Å². The molecule has 114 valence electrons. The van der Waals surface area contributed by atoms with Crippen molar-refractivity contribution in [2.75, 3.05) is 5.32 Å². The Hall–Kier alpha value is -2.08. The SMILES string of the molecule is O=C(NCc1ccco1)C1CC1C(=O)Nc1ccc(Br)cc1. The van der Waals surface area contributed by atoms with Crippen LogP contribution >= 0.6 is 15.9 Å². The zero-order valence-corrected chi connectivity index (χ0v) is 13.3. The van der Waals surface area contributed by atoms with Gasteiger partial charge in [0.2, 0.25) is 11.8 Å². The van der Waals surface area contributed by atoms with Crippen LogP contribution in [0.4, 0.5) is 5.69 Å². The van der Waals surface area contributed by atoms with Gasteiger partial charge in [0.15, 0.2) is 0 Å². The Bertz CT molecular complexity index is 667. The van der Waals surface area contributed by atoms with Crippen molar-refractivity contribution in [2.24, 2.45) is 11.8 Å². The van der Waals surface area contributed by atoms with Crippen LogP contribution in [-0.2, 0) is 16.1 Å². The van der Waals surface area contributed by atoms with Crippen molar-refractivity contribution in [3.8, 4) is 0 Å². The zero-order chi connectivity index (χ0) is 15.5. The Labute approximate surface area is 136 Å². The molecule has 6 heteroatoms. The van der Waals surface area contributed by atoms with Crippen LogP contribution in [0.15, 0.2) is 51.6 Å². The summed E-state index contributed by atoms with van der Waals surface area (Å²) in [5, 5.41) is 5.61. The summed E-state index contributed by atoms with van der Waals surface area (Å²) in [4.78, 5) is 24.1. The van der Waals surface area contributed by atoms with Crippen molar-refractivity contribution in [2.45, 2.75) is 13.0 Å². The van der Waals surface area contributed by atoms with E-state index in [1.165, 1.54) is 0 Å². The van der Waals surface area contributed by atoms with Gasteiger partial charge in [-0.15, -0.1) is 0 Å². The highest BCUT2D eigenvalue weighted by Crippen LogP contribution is 2.39. The number of hydrogen-bond donors (Lipinski definition) is 2. The van der Waals surface area contributed by atoms with Gasteiger partial charge in [-0.2, -0.15) is 0 Å². The lowest BCUT2D eigenvalue weighted by molar-refractivity contribution is -0.125. The van der Waals surface area contributed by atoms with Gasteiger partial charge in [0.05, 0.1) is 24.6 Å². The van der Waals surface area contributed by atoms with Crippen LogP contribution in [0.25, 0.3) is 0 Å². The molecule has 0 spiro atoms. The second-order valence-corrected chi connectivity index (χ2v) is 6.16. The summed E-state index contributed by atoms with van der Waals surface area (Å²) in [6.07, 6.45) is 2.15. The molecular weight excluding hydrogens is 348 g/mol. The number of carbonyl (C=O) groups is 2. The molecule has 1 fully saturated rings. The normalized spacial score (nSPS) is 19.5. The minimum Gasteiger partial charge on any atom is -0.467 e.